The number of H-pyrrole nitrogens is 1. The maximum absolute atomic E-state index is 13.9. The van der Waals surface area contributed by atoms with Gasteiger partial charge in [-0.2, -0.15) is 5.10 Å². The van der Waals surface area contributed by atoms with Crippen molar-refractivity contribution in [2.75, 3.05) is 37.0 Å². The molecule has 2 aromatic heterocycles. The van der Waals surface area contributed by atoms with Gasteiger partial charge in [-0.05, 0) is 92.0 Å². The number of hydrogen-bond donors (Lipinski definition) is 3. The van der Waals surface area contributed by atoms with Gasteiger partial charge < -0.3 is 15.3 Å². The molecule has 0 radical (unpaired) electrons. The van der Waals surface area contributed by atoms with Gasteiger partial charge in [-0.15, -0.1) is 11.6 Å². The van der Waals surface area contributed by atoms with Crippen LogP contribution in [0.2, 0.25) is 0 Å². The van der Waals surface area contributed by atoms with Crippen LogP contribution in [-0.2, 0) is 0 Å². The zero-order valence-corrected chi connectivity index (χ0v) is 26.8. The number of aryl methyl sites for hydroxylation is 1. The number of allylic oxidation sites excluding steroid dienone is 2. The first-order valence-corrected chi connectivity index (χ1v) is 16.1. The molecule has 5 rings (SSSR count). The molecular weight excluding hydrogens is 582 g/mol. The topological polar surface area (TPSA) is 90.0 Å². The Morgan fingerprint density at radius 3 is 2.70 bits per heavy atom. The molecule has 1 unspecified atom stereocenters. The van der Waals surface area contributed by atoms with Gasteiger partial charge in [0.25, 0.3) is 5.92 Å². The van der Waals surface area contributed by atoms with Crippen LogP contribution in [0.15, 0.2) is 59.7 Å². The summed E-state index contributed by atoms with van der Waals surface area (Å²) in [7, 11) is 0. The molecule has 1 aromatic carbocycles. The van der Waals surface area contributed by atoms with Gasteiger partial charge in [-0.3, -0.25) is 5.10 Å². The highest BCUT2D eigenvalue weighted by Gasteiger charge is 2.29. The minimum Gasteiger partial charge on any atom is -0.396 e. The van der Waals surface area contributed by atoms with E-state index in [-0.39, 0.29) is 0 Å². The van der Waals surface area contributed by atoms with E-state index in [1.807, 2.05) is 44.6 Å². The normalized spacial score (nSPS) is 16.8. The molecule has 10 heteroatoms. The molecule has 3 heterocycles. The molecule has 1 aliphatic carbocycles. The molecule has 1 saturated carbocycles. The SMILES string of the molecule is C/C(=C\c1cc(-c2nccc(N3CCC(c4cn[nH]c4)C3)n2)ccc1C)C(NCC(F)(F)CCl)=C1CCC1.CCCCCO. The fraction of sp³-hybridized carbons (Fsp3) is 0.500. The second-order valence-corrected chi connectivity index (χ2v) is 12.0. The van der Waals surface area contributed by atoms with E-state index >= 15 is 0 Å². The number of aliphatic hydroxyl groups excluding tert-OH is 1. The van der Waals surface area contributed by atoms with Gasteiger partial charge >= 0.3 is 0 Å². The van der Waals surface area contributed by atoms with Crippen molar-refractivity contribution in [2.45, 2.75) is 77.6 Å². The number of nitrogens with zero attached hydrogens (tertiary/aromatic N) is 4. The Hall–Kier alpha value is -3.30. The van der Waals surface area contributed by atoms with Gasteiger partial charge in [0.1, 0.15) is 5.82 Å². The number of rotatable bonds is 12. The number of halogens is 3. The zero-order chi connectivity index (χ0) is 31.5. The lowest BCUT2D eigenvalue weighted by Gasteiger charge is -2.25. The molecule has 7 nitrogen and oxygen atoms in total. The first-order chi connectivity index (χ1) is 21.2. The van der Waals surface area contributed by atoms with Crippen LogP contribution in [-0.4, -0.2) is 63.3 Å². The van der Waals surface area contributed by atoms with Gasteiger partial charge in [0.2, 0.25) is 0 Å². The monoisotopic (exact) mass is 626 g/mol. The van der Waals surface area contributed by atoms with Gasteiger partial charge in [0.15, 0.2) is 5.82 Å². The molecule has 1 aliphatic heterocycles. The molecule has 1 saturated heterocycles. The Labute approximate surface area is 264 Å². The number of hydrogen-bond acceptors (Lipinski definition) is 6. The largest absolute Gasteiger partial charge is 0.396 e. The molecule has 3 N–H and O–H groups in total. The van der Waals surface area contributed by atoms with Crippen LogP contribution in [0.5, 0.6) is 0 Å². The zero-order valence-electron chi connectivity index (χ0n) is 26.1. The fourth-order valence-electron chi connectivity index (χ4n) is 5.40. The van der Waals surface area contributed by atoms with E-state index < -0.39 is 18.3 Å². The molecule has 2 fully saturated rings. The highest BCUT2D eigenvalue weighted by molar-refractivity contribution is 6.18. The van der Waals surface area contributed by atoms with Crippen molar-refractivity contribution < 1.29 is 13.9 Å². The van der Waals surface area contributed by atoms with Crippen LogP contribution < -0.4 is 10.2 Å². The lowest BCUT2D eigenvalue weighted by Crippen LogP contribution is -2.35. The molecule has 2 aliphatic rings. The van der Waals surface area contributed by atoms with Crippen LogP contribution in [0.3, 0.4) is 0 Å². The lowest BCUT2D eigenvalue weighted by molar-refractivity contribution is 0.0291. The molecule has 3 aromatic rings. The number of benzene rings is 1. The van der Waals surface area contributed by atoms with Gasteiger partial charge in [-0.25, -0.2) is 18.7 Å². The smallest absolute Gasteiger partial charge is 0.278 e. The third-order valence-electron chi connectivity index (χ3n) is 8.24. The highest BCUT2D eigenvalue weighted by atomic mass is 35.5. The van der Waals surface area contributed by atoms with Crippen molar-refractivity contribution in [3.63, 3.8) is 0 Å². The number of unbranched alkanes of at least 4 members (excludes halogenated alkanes) is 2. The maximum Gasteiger partial charge on any atom is 0.278 e. The third-order valence-corrected chi connectivity index (χ3v) is 8.63. The van der Waals surface area contributed by atoms with Crippen LogP contribution in [0.4, 0.5) is 14.6 Å². The van der Waals surface area contributed by atoms with Crippen molar-refractivity contribution in [1.29, 1.82) is 0 Å². The van der Waals surface area contributed by atoms with Crippen LogP contribution >= 0.6 is 11.6 Å². The summed E-state index contributed by atoms with van der Waals surface area (Å²) in [6, 6.07) is 8.12. The summed E-state index contributed by atoms with van der Waals surface area (Å²) < 4.78 is 27.7. The van der Waals surface area contributed by atoms with Crippen molar-refractivity contribution >= 4 is 23.5 Å². The lowest BCUT2D eigenvalue weighted by atomic mass is 9.88. The Morgan fingerprint density at radius 2 is 2.07 bits per heavy atom. The summed E-state index contributed by atoms with van der Waals surface area (Å²) in [4.78, 5) is 11.7. The Bertz CT molecular complexity index is 1400. The molecule has 1 atom stereocenters. The molecule has 44 heavy (non-hydrogen) atoms. The van der Waals surface area contributed by atoms with Crippen molar-refractivity contribution in [1.82, 2.24) is 25.5 Å². The minimum atomic E-state index is -2.95. The minimum absolute atomic E-state index is 0.355. The summed E-state index contributed by atoms with van der Waals surface area (Å²) in [6.07, 6.45) is 15.1. The Kier molecular flexibility index (Phi) is 12.3. The van der Waals surface area contributed by atoms with Crippen molar-refractivity contribution in [3.8, 4) is 11.4 Å². The van der Waals surface area contributed by atoms with E-state index in [2.05, 4.69) is 50.5 Å². The van der Waals surface area contributed by atoms with Crippen molar-refractivity contribution in [2.24, 2.45) is 0 Å². The standard InChI is InChI=1S/C29H33ClF2N6.C5H12O/c1-19-6-7-22(13-24(19)12-20(2)27(21-4-3-5-21)34-18-29(31,32)17-30)28-33-10-8-26(37-28)38-11-9-23(16-38)25-14-35-36-15-25;1-2-3-4-5-6/h6-8,10,12-15,23,34H,3-5,9,11,16-18H2,1-2H3,(H,35,36);6H,2-5H2,1H3/b20-12+;. The van der Waals surface area contributed by atoms with Crippen molar-refractivity contribution in [3.05, 3.63) is 76.4 Å². The summed E-state index contributed by atoms with van der Waals surface area (Å²) in [5.41, 5.74) is 7.18. The number of aromatic amines is 1. The summed E-state index contributed by atoms with van der Waals surface area (Å²) in [5.74, 6) is -1.64. The first-order valence-electron chi connectivity index (χ1n) is 15.6. The van der Waals surface area contributed by atoms with E-state index in [0.717, 1.165) is 85.4 Å². The summed E-state index contributed by atoms with van der Waals surface area (Å²) in [6.45, 7) is 7.84. The van der Waals surface area contributed by atoms with E-state index in [1.165, 1.54) is 17.6 Å². The number of aliphatic hydroxyl groups is 1. The molecule has 0 spiro atoms. The van der Waals surface area contributed by atoms with Crippen LogP contribution in [0, 0.1) is 6.92 Å². The predicted octanol–water partition coefficient (Wildman–Crippen LogP) is 7.64. The van der Waals surface area contributed by atoms with Gasteiger partial charge in [0.05, 0.1) is 18.6 Å². The van der Waals surface area contributed by atoms with Crippen LogP contribution in [0.25, 0.3) is 17.5 Å². The highest BCUT2D eigenvalue weighted by Crippen LogP contribution is 2.33. The number of anilines is 1. The summed E-state index contributed by atoms with van der Waals surface area (Å²) in [5, 5.41) is 18.2. The van der Waals surface area contributed by atoms with Crippen LogP contribution in [0.1, 0.15) is 81.4 Å². The van der Waals surface area contributed by atoms with E-state index in [0.29, 0.717) is 18.3 Å². The van der Waals surface area contributed by atoms with E-state index in [1.54, 1.807) is 0 Å². The molecular formula is C34H45ClF2N6O. The molecule has 0 bridgehead atoms. The van der Waals surface area contributed by atoms with E-state index in [9.17, 15) is 8.78 Å². The summed E-state index contributed by atoms with van der Waals surface area (Å²) >= 11 is 5.45. The molecule has 238 valence electrons. The second-order valence-electron chi connectivity index (χ2n) is 11.7. The first kappa shape index (κ1) is 33.6. The van der Waals surface area contributed by atoms with Gasteiger partial charge in [-0.1, -0.05) is 31.9 Å². The number of aromatic nitrogens is 4. The average molecular weight is 627 g/mol. The molecule has 0 amide bonds. The third kappa shape index (κ3) is 9.11. The Balaban J connectivity index is 0.000000670. The quantitative estimate of drug-likeness (QED) is 0.141. The second kappa shape index (κ2) is 16.1. The number of nitrogens with one attached hydrogen (secondary N) is 2. The number of alkyl halides is 3. The van der Waals surface area contributed by atoms with E-state index in [4.69, 9.17) is 21.7 Å². The predicted molar refractivity (Wildman–Crippen MR) is 175 cm³/mol. The average Bonchev–Trinajstić information content (AvgIpc) is 3.72. The maximum atomic E-state index is 13.9. The fourth-order valence-corrected chi connectivity index (χ4v) is 5.50. The van der Waals surface area contributed by atoms with Gasteiger partial charge in [0, 0.05) is 49.3 Å². The Morgan fingerprint density at radius 1 is 1.25 bits per heavy atom.